The molecule has 5 rings (SSSR count). The normalized spacial score (nSPS) is 20.5. The van der Waals surface area contributed by atoms with Gasteiger partial charge in [-0.25, -0.2) is 0 Å². The molecule has 0 radical (unpaired) electrons. The van der Waals surface area contributed by atoms with Crippen LogP contribution >= 0.6 is 0 Å². The van der Waals surface area contributed by atoms with Crippen molar-refractivity contribution in [3.8, 4) is 0 Å². The van der Waals surface area contributed by atoms with Crippen molar-refractivity contribution in [2.45, 2.75) is 38.1 Å². The largest absolute Gasteiger partial charge is 0.423 e. The first-order chi connectivity index (χ1) is 14.3. The average Bonchev–Trinajstić information content (AvgIpc) is 3.41. The van der Waals surface area contributed by atoms with Gasteiger partial charge < -0.3 is 14.2 Å². The van der Waals surface area contributed by atoms with Crippen molar-refractivity contribution in [1.29, 1.82) is 0 Å². The Bertz CT molecular complexity index is 943. The zero-order chi connectivity index (χ0) is 19.6. The molecule has 0 saturated carbocycles. The van der Waals surface area contributed by atoms with Gasteiger partial charge in [-0.3, -0.25) is 4.79 Å². The summed E-state index contributed by atoms with van der Waals surface area (Å²) in [4.78, 5) is 22.2. The zero-order valence-electron chi connectivity index (χ0n) is 16.7. The van der Waals surface area contributed by atoms with E-state index in [9.17, 15) is 4.79 Å². The van der Waals surface area contributed by atoms with Gasteiger partial charge in [-0.1, -0.05) is 42.5 Å². The van der Waals surface area contributed by atoms with Crippen LogP contribution in [0, 0.1) is 5.92 Å². The van der Waals surface area contributed by atoms with Gasteiger partial charge in [-0.2, -0.15) is 4.98 Å². The molecule has 0 aliphatic carbocycles. The lowest BCUT2D eigenvalue weighted by Gasteiger charge is -2.34. The molecule has 5 nitrogen and oxygen atoms in total. The summed E-state index contributed by atoms with van der Waals surface area (Å²) >= 11 is 0. The number of amides is 1. The fraction of sp³-hybridized carbons (Fsp3) is 0.417. The molecule has 3 aromatic rings. The van der Waals surface area contributed by atoms with Crippen molar-refractivity contribution in [1.82, 2.24) is 9.88 Å². The van der Waals surface area contributed by atoms with Crippen molar-refractivity contribution < 1.29 is 9.21 Å². The summed E-state index contributed by atoms with van der Waals surface area (Å²) in [6.07, 6.45) is 4.93. The third-order valence-electron chi connectivity index (χ3n) is 6.37. The van der Waals surface area contributed by atoms with Crippen molar-refractivity contribution in [3.63, 3.8) is 0 Å². The van der Waals surface area contributed by atoms with Crippen LogP contribution < -0.4 is 4.90 Å². The number of carbonyl (C=O) groups excluding carboxylic acids is 1. The maximum absolute atomic E-state index is 13.3. The molecule has 0 bridgehead atoms. The third-order valence-corrected chi connectivity index (χ3v) is 6.37. The Hall–Kier alpha value is -2.82. The van der Waals surface area contributed by atoms with Gasteiger partial charge in [0.25, 0.3) is 6.01 Å². The number of hydrogen-bond donors (Lipinski definition) is 0. The molecule has 3 heterocycles. The van der Waals surface area contributed by atoms with Gasteiger partial charge in [-0.05, 0) is 49.8 Å². The Morgan fingerprint density at radius 2 is 1.72 bits per heavy atom. The second-order valence-corrected chi connectivity index (χ2v) is 8.24. The van der Waals surface area contributed by atoms with E-state index in [4.69, 9.17) is 4.42 Å². The number of oxazole rings is 1. The summed E-state index contributed by atoms with van der Waals surface area (Å²) in [7, 11) is 0. The van der Waals surface area contributed by atoms with Crippen LogP contribution in [0.1, 0.15) is 31.2 Å². The van der Waals surface area contributed by atoms with Crippen LogP contribution in [0.5, 0.6) is 0 Å². The topological polar surface area (TPSA) is 49.6 Å². The number of benzene rings is 2. The van der Waals surface area contributed by atoms with Crippen LogP contribution in [0.3, 0.4) is 0 Å². The minimum atomic E-state index is 0.118. The summed E-state index contributed by atoms with van der Waals surface area (Å²) in [5.74, 6) is 0.465. The Morgan fingerprint density at radius 1 is 0.966 bits per heavy atom. The van der Waals surface area contributed by atoms with Gasteiger partial charge in [0, 0.05) is 31.6 Å². The number of para-hydroxylation sites is 2. The molecular weight excluding hydrogens is 362 g/mol. The zero-order valence-corrected chi connectivity index (χ0v) is 16.7. The Labute approximate surface area is 171 Å². The molecule has 1 unspecified atom stereocenters. The maximum atomic E-state index is 13.3. The lowest BCUT2D eigenvalue weighted by Crippen LogP contribution is -2.45. The number of piperidine rings is 1. The first kappa shape index (κ1) is 18.2. The smallest absolute Gasteiger partial charge is 0.298 e. The van der Waals surface area contributed by atoms with Gasteiger partial charge in [-0.15, -0.1) is 0 Å². The number of nitrogens with zero attached hydrogens (tertiary/aromatic N) is 3. The summed E-state index contributed by atoms with van der Waals surface area (Å²) in [5, 5.41) is 0. The summed E-state index contributed by atoms with van der Waals surface area (Å²) in [6, 6.07) is 19.4. The molecule has 5 heteroatoms. The second kappa shape index (κ2) is 7.90. The summed E-state index contributed by atoms with van der Waals surface area (Å²) in [5.41, 5.74) is 3.03. The van der Waals surface area contributed by atoms with E-state index in [-0.39, 0.29) is 5.92 Å². The van der Waals surface area contributed by atoms with Crippen LogP contribution in [0.2, 0.25) is 0 Å². The van der Waals surface area contributed by atoms with Gasteiger partial charge in [0.05, 0.1) is 0 Å². The second-order valence-electron chi connectivity index (χ2n) is 8.24. The third kappa shape index (κ3) is 3.74. The highest BCUT2D eigenvalue weighted by Crippen LogP contribution is 2.30. The van der Waals surface area contributed by atoms with Crippen LogP contribution in [0.4, 0.5) is 6.01 Å². The standard InChI is InChI=1S/C24H27N3O2/c28-23(27-14-6-9-20(27)17-18-7-2-1-3-8-18)19-12-15-26(16-13-19)24-25-21-10-4-5-11-22(21)29-24/h1-5,7-8,10-11,19-20H,6,9,12-17H2. The summed E-state index contributed by atoms with van der Waals surface area (Å²) < 4.78 is 5.91. The number of fused-ring (bicyclic) bond motifs is 1. The van der Waals surface area contributed by atoms with Gasteiger partial charge in [0.15, 0.2) is 5.58 Å². The van der Waals surface area contributed by atoms with Crippen LogP contribution in [-0.2, 0) is 11.2 Å². The highest BCUT2D eigenvalue weighted by atomic mass is 16.4. The van der Waals surface area contributed by atoms with Crippen molar-refractivity contribution >= 4 is 23.0 Å². The molecule has 2 aromatic carbocycles. The van der Waals surface area contributed by atoms with Gasteiger partial charge in [0.2, 0.25) is 5.91 Å². The van der Waals surface area contributed by atoms with Gasteiger partial charge >= 0.3 is 0 Å². The minimum Gasteiger partial charge on any atom is -0.423 e. The van der Waals surface area contributed by atoms with E-state index in [1.165, 1.54) is 5.56 Å². The van der Waals surface area contributed by atoms with Crippen LogP contribution in [0.25, 0.3) is 11.1 Å². The molecule has 1 aromatic heterocycles. The van der Waals surface area contributed by atoms with E-state index in [0.29, 0.717) is 18.0 Å². The van der Waals surface area contributed by atoms with Crippen molar-refractivity contribution in [2.75, 3.05) is 24.5 Å². The SMILES string of the molecule is O=C(C1CCN(c2nc3ccccc3o2)CC1)N1CCCC1Cc1ccccc1. The maximum Gasteiger partial charge on any atom is 0.298 e. The number of carbonyl (C=O) groups is 1. The van der Waals surface area contributed by atoms with Crippen molar-refractivity contribution in [2.24, 2.45) is 5.92 Å². The number of aromatic nitrogens is 1. The monoisotopic (exact) mass is 389 g/mol. The highest BCUT2D eigenvalue weighted by Gasteiger charge is 2.35. The van der Waals surface area contributed by atoms with E-state index in [1.807, 2.05) is 30.3 Å². The molecule has 1 amide bonds. The molecule has 1 atom stereocenters. The predicted molar refractivity (Wildman–Crippen MR) is 114 cm³/mol. The molecule has 2 saturated heterocycles. The lowest BCUT2D eigenvalue weighted by atomic mass is 9.94. The molecule has 150 valence electrons. The van der Waals surface area contributed by atoms with Crippen LogP contribution in [-0.4, -0.2) is 41.5 Å². The number of anilines is 1. The first-order valence-corrected chi connectivity index (χ1v) is 10.7. The molecule has 2 fully saturated rings. The van der Waals surface area contributed by atoms with Gasteiger partial charge in [0.1, 0.15) is 5.52 Å². The van der Waals surface area contributed by atoms with Crippen molar-refractivity contribution in [3.05, 3.63) is 60.2 Å². The number of hydrogen-bond acceptors (Lipinski definition) is 4. The molecule has 0 N–H and O–H groups in total. The Morgan fingerprint density at radius 3 is 2.52 bits per heavy atom. The molecule has 0 spiro atoms. The van der Waals surface area contributed by atoms with E-state index >= 15 is 0 Å². The molecular formula is C24H27N3O2. The predicted octanol–water partition coefficient (Wildman–Crippen LogP) is 4.28. The molecule has 2 aliphatic rings. The minimum absolute atomic E-state index is 0.118. The number of rotatable bonds is 4. The van der Waals surface area contributed by atoms with E-state index in [1.54, 1.807) is 0 Å². The quantitative estimate of drug-likeness (QED) is 0.668. The molecule has 2 aliphatic heterocycles. The van der Waals surface area contributed by atoms with Crippen LogP contribution in [0.15, 0.2) is 59.0 Å². The van der Waals surface area contributed by atoms with E-state index in [0.717, 1.165) is 62.8 Å². The summed E-state index contributed by atoms with van der Waals surface area (Å²) in [6.45, 7) is 2.54. The van der Waals surface area contributed by atoms with E-state index < -0.39 is 0 Å². The Kier molecular flexibility index (Phi) is 4.96. The fourth-order valence-corrected chi connectivity index (χ4v) is 4.77. The first-order valence-electron chi connectivity index (χ1n) is 10.7. The lowest BCUT2D eigenvalue weighted by molar-refractivity contribution is -0.137. The average molecular weight is 389 g/mol. The molecule has 29 heavy (non-hydrogen) atoms. The highest BCUT2D eigenvalue weighted by molar-refractivity contribution is 5.80. The van der Waals surface area contributed by atoms with E-state index in [2.05, 4.69) is 39.0 Å². The number of likely N-dealkylation sites (tertiary alicyclic amines) is 1. The fourth-order valence-electron chi connectivity index (χ4n) is 4.77. The Balaban J connectivity index is 1.21.